The first kappa shape index (κ1) is 16.0. The van der Waals surface area contributed by atoms with Crippen LogP contribution in [0.4, 0.5) is 0 Å². The largest absolute Gasteiger partial charge is 0.329 e. The minimum atomic E-state index is 0.334. The van der Waals surface area contributed by atoms with E-state index < -0.39 is 0 Å². The van der Waals surface area contributed by atoms with Crippen molar-refractivity contribution in [1.29, 1.82) is 0 Å². The summed E-state index contributed by atoms with van der Waals surface area (Å²) < 4.78 is 0. The molecule has 0 aromatic rings. The van der Waals surface area contributed by atoms with Crippen molar-refractivity contribution in [3.05, 3.63) is 0 Å². The molecule has 0 unspecified atom stereocenters. The molecule has 0 aliphatic heterocycles. The second-order valence-electron chi connectivity index (χ2n) is 6.04. The minimum Gasteiger partial charge on any atom is -0.329 e. The van der Waals surface area contributed by atoms with Crippen LogP contribution in [0.15, 0.2) is 0 Å². The smallest absolute Gasteiger partial charge is 0.0331 e. The summed E-state index contributed by atoms with van der Waals surface area (Å²) >= 11 is 0. The molecule has 0 aromatic carbocycles. The van der Waals surface area contributed by atoms with E-state index in [1.807, 2.05) is 0 Å². The Hall–Kier alpha value is -0.0800. The van der Waals surface area contributed by atoms with Gasteiger partial charge in [0.05, 0.1) is 0 Å². The predicted molar refractivity (Wildman–Crippen MR) is 80.9 cm³/mol. The molecule has 1 rings (SSSR count). The van der Waals surface area contributed by atoms with Crippen LogP contribution in [0.5, 0.6) is 0 Å². The van der Waals surface area contributed by atoms with E-state index in [1.165, 1.54) is 77.3 Å². The van der Waals surface area contributed by atoms with Crippen LogP contribution in [0.3, 0.4) is 0 Å². The molecule has 18 heavy (non-hydrogen) atoms. The lowest BCUT2D eigenvalue weighted by molar-refractivity contribution is 0.0745. The standard InChI is InChI=1S/C16H34N2/c1-3-5-13-18(14-6-4-2)16(15-17)11-9-7-8-10-12-16/h3-15,17H2,1-2H3. The van der Waals surface area contributed by atoms with Gasteiger partial charge in [0.15, 0.2) is 0 Å². The maximum absolute atomic E-state index is 6.21. The average Bonchev–Trinajstić information content (AvgIpc) is 2.65. The summed E-state index contributed by atoms with van der Waals surface area (Å²) in [5.74, 6) is 0. The van der Waals surface area contributed by atoms with Gasteiger partial charge in [0.25, 0.3) is 0 Å². The van der Waals surface area contributed by atoms with E-state index in [0.717, 1.165) is 6.54 Å². The Kier molecular flexibility index (Phi) is 7.92. The molecule has 0 aromatic heterocycles. The number of nitrogens with two attached hydrogens (primary N) is 1. The Morgan fingerprint density at radius 1 is 0.889 bits per heavy atom. The SMILES string of the molecule is CCCCN(CCCC)C1(CN)CCCCCC1. The van der Waals surface area contributed by atoms with Crippen LogP contribution in [0, 0.1) is 0 Å². The fourth-order valence-corrected chi connectivity index (χ4v) is 3.32. The zero-order valence-electron chi connectivity index (χ0n) is 12.7. The van der Waals surface area contributed by atoms with Gasteiger partial charge in [0.1, 0.15) is 0 Å². The van der Waals surface area contributed by atoms with E-state index >= 15 is 0 Å². The Labute approximate surface area is 114 Å². The molecule has 108 valence electrons. The molecule has 1 aliphatic carbocycles. The van der Waals surface area contributed by atoms with Crippen molar-refractivity contribution in [1.82, 2.24) is 4.90 Å². The summed E-state index contributed by atoms with van der Waals surface area (Å²) in [5, 5.41) is 0. The van der Waals surface area contributed by atoms with E-state index in [-0.39, 0.29) is 0 Å². The van der Waals surface area contributed by atoms with E-state index in [4.69, 9.17) is 5.73 Å². The Balaban J connectivity index is 2.68. The normalized spacial score (nSPS) is 20.0. The number of hydrogen-bond donors (Lipinski definition) is 1. The predicted octanol–water partition coefficient (Wildman–Crippen LogP) is 3.94. The summed E-state index contributed by atoms with van der Waals surface area (Å²) in [4.78, 5) is 2.76. The van der Waals surface area contributed by atoms with Crippen molar-refractivity contribution in [2.75, 3.05) is 19.6 Å². The van der Waals surface area contributed by atoms with Crippen molar-refractivity contribution in [3.63, 3.8) is 0 Å². The molecule has 0 atom stereocenters. The Morgan fingerprint density at radius 3 is 1.78 bits per heavy atom. The van der Waals surface area contributed by atoms with Gasteiger partial charge in [-0.05, 0) is 38.8 Å². The van der Waals surface area contributed by atoms with Crippen molar-refractivity contribution >= 4 is 0 Å². The summed E-state index contributed by atoms with van der Waals surface area (Å²) in [6, 6.07) is 0. The Morgan fingerprint density at radius 2 is 1.39 bits per heavy atom. The maximum atomic E-state index is 6.21. The summed E-state index contributed by atoms with van der Waals surface area (Å²) in [6.07, 6.45) is 13.5. The lowest BCUT2D eigenvalue weighted by atomic mass is 9.87. The van der Waals surface area contributed by atoms with Gasteiger partial charge in [0.2, 0.25) is 0 Å². The van der Waals surface area contributed by atoms with Crippen molar-refractivity contribution in [2.45, 2.75) is 83.6 Å². The zero-order chi connectivity index (χ0) is 13.3. The van der Waals surface area contributed by atoms with Crippen LogP contribution in [0.1, 0.15) is 78.1 Å². The van der Waals surface area contributed by atoms with Gasteiger partial charge >= 0.3 is 0 Å². The summed E-state index contributed by atoms with van der Waals surface area (Å²) in [6.45, 7) is 7.96. The summed E-state index contributed by atoms with van der Waals surface area (Å²) in [7, 11) is 0. The van der Waals surface area contributed by atoms with Crippen LogP contribution in [0.25, 0.3) is 0 Å². The van der Waals surface area contributed by atoms with E-state index in [2.05, 4.69) is 18.7 Å². The third-order valence-electron chi connectivity index (χ3n) is 4.65. The number of rotatable bonds is 8. The number of unbranched alkanes of at least 4 members (excludes halogenated alkanes) is 2. The van der Waals surface area contributed by atoms with Gasteiger partial charge in [0, 0.05) is 12.1 Å². The molecule has 2 nitrogen and oxygen atoms in total. The molecule has 1 fully saturated rings. The second kappa shape index (κ2) is 8.92. The van der Waals surface area contributed by atoms with Crippen LogP contribution in [-0.4, -0.2) is 30.1 Å². The molecule has 0 saturated heterocycles. The van der Waals surface area contributed by atoms with Crippen molar-refractivity contribution in [2.24, 2.45) is 5.73 Å². The van der Waals surface area contributed by atoms with Gasteiger partial charge in [-0.3, -0.25) is 4.90 Å². The highest BCUT2D eigenvalue weighted by atomic mass is 15.2. The third kappa shape index (κ3) is 4.55. The highest BCUT2D eigenvalue weighted by Gasteiger charge is 2.34. The molecular weight excluding hydrogens is 220 g/mol. The molecule has 0 heterocycles. The van der Waals surface area contributed by atoms with Crippen LogP contribution >= 0.6 is 0 Å². The number of hydrogen-bond acceptors (Lipinski definition) is 2. The Bertz CT molecular complexity index is 187. The monoisotopic (exact) mass is 254 g/mol. The highest BCUT2D eigenvalue weighted by Crippen LogP contribution is 2.32. The minimum absolute atomic E-state index is 0.334. The topological polar surface area (TPSA) is 29.3 Å². The first-order valence-electron chi connectivity index (χ1n) is 8.24. The quantitative estimate of drug-likeness (QED) is 0.665. The van der Waals surface area contributed by atoms with Gasteiger partial charge in [-0.2, -0.15) is 0 Å². The van der Waals surface area contributed by atoms with Gasteiger partial charge < -0.3 is 5.73 Å². The fourth-order valence-electron chi connectivity index (χ4n) is 3.32. The zero-order valence-corrected chi connectivity index (χ0v) is 12.7. The van der Waals surface area contributed by atoms with Crippen molar-refractivity contribution < 1.29 is 0 Å². The van der Waals surface area contributed by atoms with Crippen molar-refractivity contribution in [3.8, 4) is 0 Å². The lowest BCUT2D eigenvalue weighted by Gasteiger charge is -2.43. The van der Waals surface area contributed by atoms with E-state index in [1.54, 1.807) is 0 Å². The average molecular weight is 254 g/mol. The summed E-state index contributed by atoms with van der Waals surface area (Å²) in [5.41, 5.74) is 6.54. The first-order chi connectivity index (χ1) is 8.79. The fraction of sp³-hybridized carbons (Fsp3) is 1.00. The molecule has 1 aliphatic rings. The molecule has 0 bridgehead atoms. The molecule has 1 saturated carbocycles. The van der Waals surface area contributed by atoms with Gasteiger partial charge in [-0.25, -0.2) is 0 Å². The van der Waals surface area contributed by atoms with E-state index in [9.17, 15) is 0 Å². The highest BCUT2D eigenvalue weighted by molar-refractivity contribution is 4.93. The van der Waals surface area contributed by atoms with E-state index in [0.29, 0.717) is 5.54 Å². The molecule has 2 N–H and O–H groups in total. The second-order valence-corrected chi connectivity index (χ2v) is 6.04. The van der Waals surface area contributed by atoms with Gasteiger partial charge in [-0.15, -0.1) is 0 Å². The molecule has 0 amide bonds. The molecule has 0 radical (unpaired) electrons. The van der Waals surface area contributed by atoms with Crippen LogP contribution in [-0.2, 0) is 0 Å². The maximum Gasteiger partial charge on any atom is 0.0331 e. The molecule has 2 heteroatoms. The van der Waals surface area contributed by atoms with Crippen LogP contribution in [0.2, 0.25) is 0 Å². The number of nitrogens with zero attached hydrogens (tertiary/aromatic N) is 1. The van der Waals surface area contributed by atoms with Crippen LogP contribution < -0.4 is 5.73 Å². The van der Waals surface area contributed by atoms with Gasteiger partial charge in [-0.1, -0.05) is 52.4 Å². The molecule has 0 spiro atoms. The molecular formula is C16H34N2. The first-order valence-corrected chi connectivity index (χ1v) is 8.24. The lowest BCUT2D eigenvalue weighted by Crippen LogP contribution is -2.54. The third-order valence-corrected chi connectivity index (χ3v) is 4.65.